The van der Waals surface area contributed by atoms with E-state index in [1.165, 1.54) is 0 Å². The van der Waals surface area contributed by atoms with Gasteiger partial charge in [-0.1, -0.05) is 49.4 Å². The zero-order chi connectivity index (χ0) is 23.6. The number of carbonyl (C=O) groups excluding carboxylic acids is 2. The average molecular weight is 445 g/mol. The molecule has 1 heterocycles. The Morgan fingerprint density at radius 3 is 2.45 bits per heavy atom. The molecule has 0 bridgehead atoms. The Balaban J connectivity index is 1.54. The summed E-state index contributed by atoms with van der Waals surface area (Å²) in [5.74, 6) is 0.870. The molecule has 0 spiro atoms. The Bertz CT molecular complexity index is 976. The zero-order valence-electron chi connectivity index (χ0n) is 20.2. The monoisotopic (exact) mass is 444 g/mol. The number of benzene rings is 1. The zero-order valence-corrected chi connectivity index (χ0v) is 20.2. The molecule has 2 aromatic rings. The fourth-order valence-corrected chi connectivity index (χ4v) is 4.69. The van der Waals surface area contributed by atoms with Gasteiger partial charge in [0.25, 0.3) is 0 Å². The lowest BCUT2D eigenvalue weighted by atomic mass is 9.93. The van der Waals surface area contributed by atoms with Gasteiger partial charge in [-0.3, -0.25) is 14.6 Å². The lowest BCUT2D eigenvalue weighted by molar-refractivity contribution is -0.127. The van der Waals surface area contributed by atoms with Crippen molar-refractivity contribution in [3.05, 3.63) is 78.2 Å². The summed E-state index contributed by atoms with van der Waals surface area (Å²) in [6, 6.07) is 12.4. The number of nitrogens with zero attached hydrogens (tertiary/aromatic N) is 2. The molecule has 0 N–H and O–H groups in total. The van der Waals surface area contributed by atoms with E-state index in [2.05, 4.69) is 36.2 Å². The third-order valence-electron chi connectivity index (χ3n) is 6.47. The Hall–Kier alpha value is -3.01. The van der Waals surface area contributed by atoms with Crippen molar-refractivity contribution < 1.29 is 9.59 Å². The number of Topliss-reactive ketones (excluding diaryl/α,β-unsaturated/α-hetero) is 1. The van der Waals surface area contributed by atoms with E-state index in [0.717, 1.165) is 61.0 Å². The number of hydrogen-bond donors (Lipinski definition) is 0. The maximum atomic E-state index is 12.8. The van der Waals surface area contributed by atoms with Crippen LogP contribution in [0.15, 0.2) is 72.6 Å². The lowest BCUT2D eigenvalue weighted by Crippen LogP contribution is -2.33. The van der Waals surface area contributed by atoms with E-state index in [1.54, 1.807) is 12.4 Å². The first-order valence-corrected chi connectivity index (χ1v) is 12.1. The van der Waals surface area contributed by atoms with Crippen LogP contribution in [0.1, 0.15) is 64.4 Å². The van der Waals surface area contributed by atoms with E-state index < -0.39 is 0 Å². The van der Waals surface area contributed by atoms with E-state index in [9.17, 15) is 9.59 Å². The van der Waals surface area contributed by atoms with Gasteiger partial charge < -0.3 is 4.90 Å². The maximum Gasteiger partial charge on any atom is 0.249 e. The lowest BCUT2D eigenvalue weighted by Gasteiger charge is -2.23. The van der Waals surface area contributed by atoms with Gasteiger partial charge in [0.1, 0.15) is 5.78 Å². The van der Waals surface area contributed by atoms with Crippen LogP contribution in [0.3, 0.4) is 0 Å². The van der Waals surface area contributed by atoms with Crippen LogP contribution in [0.2, 0.25) is 0 Å². The smallest absolute Gasteiger partial charge is 0.249 e. The molecule has 3 rings (SSSR count). The third kappa shape index (κ3) is 6.74. The molecule has 1 amide bonds. The highest BCUT2D eigenvalue weighted by atomic mass is 16.2. The third-order valence-corrected chi connectivity index (χ3v) is 6.47. The number of amides is 1. The molecular weight excluding hydrogens is 408 g/mol. The van der Waals surface area contributed by atoms with Crippen LogP contribution < -0.4 is 0 Å². The maximum absolute atomic E-state index is 12.8. The Kier molecular flexibility index (Phi) is 9.17. The molecule has 4 heteroatoms. The highest BCUT2D eigenvalue weighted by Gasteiger charge is 2.33. The molecular formula is C29H36N2O2. The van der Waals surface area contributed by atoms with Crippen molar-refractivity contribution in [1.82, 2.24) is 9.88 Å². The Labute approximate surface area is 198 Å². The van der Waals surface area contributed by atoms with Crippen LogP contribution in [0.4, 0.5) is 0 Å². The summed E-state index contributed by atoms with van der Waals surface area (Å²) in [5, 5.41) is 0. The first-order chi connectivity index (χ1) is 16.0. The van der Waals surface area contributed by atoms with Gasteiger partial charge in [-0.2, -0.15) is 0 Å². The summed E-state index contributed by atoms with van der Waals surface area (Å²) in [6.07, 6.45) is 13.7. The van der Waals surface area contributed by atoms with E-state index >= 15 is 0 Å². The molecule has 1 aliphatic carbocycles. The summed E-state index contributed by atoms with van der Waals surface area (Å²) in [4.78, 5) is 31.5. The van der Waals surface area contributed by atoms with Crippen LogP contribution in [-0.2, 0) is 9.59 Å². The minimum absolute atomic E-state index is 0.000811. The van der Waals surface area contributed by atoms with E-state index in [1.807, 2.05) is 49.1 Å². The van der Waals surface area contributed by atoms with Crippen molar-refractivity contribution in [3.8, 4) is 11.1 Å². The van der Waals surface area contributed by atoms with Crippen LogP contribution in [0.25, 0.3) is 11.1 Å². The number of rotatable bonds is 10. The first-order valence-electron chi connectivity index (χ1n) is 12.1. The number of hydrogen-bond acceptors (Lipinski definition) is 3. The van der Waals surface area contributed by atoms with Crippen molar-refractivity contribution >= 4 is 11.7 Å². The molecule has 1 aromatic carbocycles. The predicted octanol–water partition coefficient (Wildman–Crippen LogP) is 6.35. The number of carbonyl (C=O) groups is 2. The van der Waals surface area contributed by atoms with E-state index in [0.29, 0.717) is 18.1 Å². The second-order valence-corrected chi connectivity index (χ2v) is 8.99. The molecule has 174 valence electrons. The van der Waals surface area contributed by atoms with Crippen LogP contribution in [-0.4, -0.2) is 34.7 Å². The highest BCUT2D eigenvalue weighted by molar-refractivity contribution is 5.93. The number of pyridine rings is 1. The predicted molar refractivity (Wildman–Crippen MR) is 135 cm³/mol. The molecule has 0 radical (unpaired) electrons. The van der Waals surface area contributed by atoms with Crippen LogP contribution in [0, 0.1) is 5.92 Å². The molecule has 0 saturated heterocycles. The second kappa shape index (κ2) is 12.3. The van der Waals surface area contributed by atoms with Crippen molar-refractivity contribution in [2.24, 2.45) is 5.92 Å². The molecule has 2 unspecified atom stereocenters. The summed E-state index contributed by atoms with van der Waals surface area (Å²) in [6.45, 7) is 7.46. The Morgan fingerprint density at radius 2 is 1.79 bits per heavy atom. The van der Waals surface area contributed by atoms with Gasteiger partial charge in [0, 0.05) is 43.4 Å². The fourth-order valence-electron chi connectivity index (χ4n) is 4.69. The molecule has 1 aliphatic rings. The normalized spacial score (nSPS) is 18.8. The van der Waals surface area contributed by atoms with Gasteiger partial charge in [0.15, 0.2) is 0 Å². The first kappa shape index (κ1) is 24.6. The topological polar surface area (TPSA) is 50.3 Å². The van der Waals surface area contributed by atoms with Gasteiger partial charge >= 0.3 is 0 Å². The minimum Gasteiger partial charge on any atom is -0.339 e. The van der Waals surface area contributed by atoms with Gasteiger partial charge in [0.05, 0.1) is 0 Å². The van der Waals surface area contributed by atoms with E-state index in [-0.39, 0.29) is 11.8 Å². The minimum atomic E-state index is 0.000811. The van der Waals surface area contributed by atoms with Crippen molar-refractivity contribution in [2.45, 2.75) is 58.8 Å². The summed E-state index contributed by atoms with van der Waals surface area (Å²) < 4.78 is 0. The van der Waals surface area contributed by atoms with Crippen molar-refractivity contribution in [1.29, 1.82) is 0 Å². The molecule has 1 saturated carbocycles. The SMILES string of the molecule is CC=CC=C(C)C(=O)N(CCC)CCCC1CC(=O)C(c2ccc(-c3ccncc3)cc2)C1. The molecule has 1 fully saturated rings. The fraction of sp³-hybridized carbons (Fsp3) is 0.414. The summed E-state index contributed by atoms with van der Waals surface area (Å²) in [5.41, 5.74) is 4.16. The molecule has 2 atom stereocenters. The van der Waals surface area contributed by atoms with Crippen molar-refractivity contribution in [3.63, 3.8) is 0 Å². The molecule has 33 heavy (non-hydrogen) atoms. The Morgan fingerprint density at radius 1 is 1.09 bits per heavy atom. The molecule has 0 aliphatic heterocycles. The van der Waals surface area contributed by atoms with Crippen LogP contribution >= 0.6 is 0 Å². The van der Waals surface area contributed by atoms with Gasteiger partial charge in [-0.05, 0) is 74.3 Å². The number of allylic oxidation sites excluding steroid dienone is 3. The molecule has 4 nitrogen and oxygen atoms in total. The van der Waals surface area contributed by atoms with Crippen molar-refractivity contribution in [2.75, 3.05) is 13.1 Å². The van der Waals surface area contributed by atoms with Gasteiger partial charge in [-0.15, -0.1) is 0 Å². The average Bonchev–Trinajstić information content (AvgIpc) is 3.22. The highest BCUT2D eigenvalue weighted by Crippen LogP contribution is 2.38. The summed E-state index contributed by atoms with van der Waals surface area (Å²) in [7, 11) is 0. The van der Waals surface area contributed by atoms with Crippen LogP contribution in [0.5, 0.6) is 0 Å². The molecule has 1 aromatic heterocycles. The van der Waals surface area contributed by atoms with Gasteiger partial charge in [0.2, 0.25) is 5.91 Å². The number of aromatic nitrogens is 1. The van der Waals surface area contributed by atoms with Gasteiger partial charge in [-0.25, -0.2) is 0 Å². The quantitative estimate of drug-likeness (QED) is 0.317. The number of ketones is 1. The second-order valence-electron chi connectivity index (χ2n) is 8.99. The van der Waals surface area contributed by atoms with E-state index in [4.69, 9.17) is 0 Å². The largest absolute Gasteiger partial charge is 0.339 e. The summed E-state index contributed by atoms with van der Waals surface area (Å²) >= 11 is 0. The standard InChI is InChI=1S/C29H36N2O2/c1-4-6-8-22(3)29(33)31(18-5-2)19-7-9-23-20-27(28(32)21-23)26-12-10-24(11-13-26)25-14-16-30-17-15-25/h4,6,8,10-17,23,27H,5,7,9,18-21H2,1-3H3.